The van der Waals surface area contributed by atoms with Crippen LogP contribution in [0.5, 0.6) is 0 Å². The van der Waals surface area contributed by atoms with E-state index in [2.05, 4.69) is 16.7 Å². The van der Waals surface area contributed by atoms with Gasteiger partial charge in [-0.15, -0.1) is 0 Å². The van der Waals surface area contributed by atoms with E-state index in [1.165, 1.54) is 0 Å². The lowest BCUT2D eigenvalue weighted by Gasteiger charge is -2.16. The number of nitrogens with zero attached hydrogens (tertiary/aromatic N) is 1. The first-order valence-corrected chi connectivity index (χ1v) is 11.1. The Balaban J connectivity index is 1.78. The molecule has 3 aromatic carbocycles. The third-order valence-corrected chi connectivity index (χ3v) is 5.75. The first kappa shape index (κ1) is 24.3. The Morgan fingerprint density at radius 3 is 2.15 bits per heavy atom. The average molecular weight is 480 g/mol. The Kier molecular flexibility index (Phi) is 7.75. The zero-order valence-corrected chi connectivity index (χ0v) is 20.0. The Labute approximate surface area is 203 Å². The van der Waals surface area contributed by atoms with Crippen LogP contribution >= 0.6 is 23.2 Å². The van der Waals surface area contributed by atoms with Crippen LogP contribution in [0.25, 0.3) is 0 Å². The number of carbonyl (C=O) groups is 2. The third-order valence-electron chi connectivity index (χ3n) is 5.17. The molecule has 0 saturated carbocycles. The number of halogens is 2. The average Bonchev–Trinajstić information content (AvgIpc) is 2.79. The molecular formula is C26H23Cl2N3O2. The van der Waals surface area contributed by atoms with Crippen molar-refractivity contribution in [3.8, 4) is 6.07 Å². The molecule has 7 heteroatoms. The van der Waals surface area contributed by atoms with Crippen molar-refractivity contribution < 1.29 is 9.59 Å². The van der Waals surface area contributed by atoms with Crippen molar-refractivity contribution in [1.82, 2.24) is 0 Å². The van der Waals surface area contributed by atoms with E-state index in [1.807, 2.05) is 26.8 Å². The molecule has 0 bridgehead atoms. The highest BCUT2D eigenvalue weighted by atomic mass is 35.5. The van der Waals surface area contributed by atoms with Gasteiger partial charge in [0.15, 0.2) is 0 Å². The van der Waals surface area contributed by atoms with Gasteiger partial charge in [0.05, 0.1) is 12.0 Å². The zero-order valence-electron chi connectivity index (χ0n) is 18.4. The molecule has 5 nitrogen and oxygen atoms in total. The molecule has 3 rings (SSSR count). The molecule has 3 aromatic rings. The summed E-state index contributed by atoms with van der Waals surface area (Å²) >= 11 is 12.5. The van der Waals surface area contributed by atoms with Crippen LogP contribution in [0, 0.1) is 24.2 Å². The lowest BCUT2D eigenvalue weighted by molar-refractivity contribution is -0.118. The maximum absolute atomic E-state index is 12.7. The van der Waals surface area contributed by atoms with E-state index < -0.39 is 5.92 Å². The summed E-state index contributed by atoms with van der Waals surface area (Å²) in [5.74, 6) is -1.10. The van der Waals surface area contributed by atoms with Crippen LogP contribution in [-0.2, 0) is 4.79 Å². The van der Waals surface area contributed by atoms with Gasteiger partial charge in [0, 0.05) is 32.9 Å². The number of anilines is 2. The number of amides is 2. The van der Waals surface area contributed by atoms with Crippen molar-refractivity contribution in [3.63, 3.8) is 0 Å². The van der Waals surface area contributed by atoms with Gasteiger partial charge in [-0.2, -0.15) is 5.26 Å². The van der Waals surface area contributed by atoms with E-state index in [0.717, 1.165) is 11.1 Å². The van der Waals surface area contributed by atoms with Crippen LogP contribution < -0.4 is 10.6 Å². The fourth-order valence-corrected chi connectivity index (χ4v) is 3.62. The number of benzene rings is 3. The van der Waals surface area contributed by atoms with Gasteiger partial charge in [-0.3, -0.25) is 9.59 Å². The van der Waals surface area contributed by atoms with Crippen molar-refractivity contribution in [1.29, 1.82) is 5.26 Å². The number of aryl methyl sites for hydroxylation is 1. The molecular weight excluding hydrogens is 457 g/mol. The van der Waals surface area contributed by atoms with E-state index in [9.17, 15) is 14.9 Å². The number of hydrogen-bond acceptors (Lipinski definition) is 3. The first-order chi connectivity index (χ1) is 15.7. The highest BCUT2D eigenvalue weighted by molar-refractivity contribution is 6.32. The van der Waals surface area contributed by atoms with Crippen LogP contribution in [0.3, 0.4) is 0 Å². The molecule has 0 spiro atoms. The molecule has 0 aliphatic rings. The Morgan fingerprint density at radius 1 is 0.939 bits per heavy atom. The van der Waals surface area contributed by atoms with Gasteiger partial charge in [-0.25, -0.2) is 0 Å². The molecule has 0 aliphatic heterocycles. The number of rotatable bonds is 6. The Hall–Kier alpha value is -3.33. The highest BCUT2D eigenvalue weighted by Crippen LogP contribution is 2.34. The third kappa shape index (κ3) is 5.92. The van der Waals surface area contributed by atoms with Crippen LogP contribution in [0.4, 0.5) is 11.4 Å². The van der Waals surface area contributed by atoms with Crippen LogP contribution in [-0.4, -0.2) is 11.8 Å². The Morgan fingerprint density at radius 2 is 1.58 bits per heavy atom. The zero-order chi connectivity index (χ0) is 24.1. The summed E-state index contributed by atoms with van der Waals surface area (Å²) in [4.78, 5) is 24.6. The summed E-state index contributed by atoms with van der Waals surface area (Å²) in [5.41, 5.74) is 3.83. The number of nitrogens with one attached hydrogen (secondary N) is 2. The number of nitriles is 1. The maximum Gasteiger partial charge on any atom is 0.255 e. The first-order valence-electron chi connectivity index (χ1n) is 10.4. The molecule has 0 aromatic heterocycles. The van der Waals surface area contributed by atoms with Crippen molar-refractivity contribution >= 4 is 46.4 Å². The second-order valence-corrected chi connectivity index (χ2v) is 8.82. The van der Waals surface area contributed by atoms with Crippen LogP contribution in [0.15, 0.2) is 60.7 Å². The van der Waals surface area contributed by atoms with Crippen LogP contribution in [0.2, 0.25) is 10.0 Å². The molecule has 0 saturated heterocycles. The molecule has 0 radical (unpaired) electrons. The van der Waals surface area contributed by atoms with Crippen LogP contribution in [0.1, 0.15) is 46.8 Å². The number of hydrogen-bond donors (Lipinski definition) is 2. The summed E-state index contributed by atoms with van der Waals surface area (Å²) < 4.78 is 0. The number of carbonyl (C=O) groups excluding carboxylic acids is 2. The standard InChI is InChI=1S/C26H23Cl2N3O2/c1-15(2)25(32)30-20-10-6-18(7-11-20)26(33)31-24-13-23(28)21(12-16(24)3)22(14-29)17-4-8-19(27)9-5-17/h4-13,15,22H,1-3H3,(H,30,32)(H,31,33)/t22-/m1/s1. The largest absolute Gasteiger partial charge is 0.326 e. The van der Waals surface area contributed by atoms with Gasteiger partial charge in [0.25, 0.3) is 5.91 Å². The maximum atomic E-state index is 12.7. The van der Waals surface area contributed by atoms with Crippen molar-refractivity contribution in [2.45, 2.75) is 26.7 Å². The summed E-state index contributed by atoms with van der Waals surface area (Å²) in [7, 11) is 0. The lowest BCUT2D eigenvalue weighted by Crippen LogP contribution is -2.18. The smallest absolute Gasteiger partial charge is 0.255 e. The van der Waals surface area contributed by atoms with Gasteiger partial charge in [-0.1, -0.05) is 55.2 Å². The molecule has 2 amide bonds. The van der Waals surface area contributed by atoms with Gasteiger partial charge in [0.2, 0.25) is 5.91 Å². The topological polar surface area (TPSA) is 82.0 Å². The molecule has 0 aliphatic carbocycles. The predicted octanol–water partition coefficient (Wildman–Crippen LogP) is 6.80. The summed E-state index contributed by atoms with van der Waals surface area (Å²) in [6.07, 6.45) is 0. The summed E-state index contributed by atoms with van der Waals surface area (Å²) in [6.45, 7) is 5.46. The van der Waals surface area contributed by atoms with Crippen molar-refractivity contribution in [3.05, 3.63) is 93.0 Å². The van der Waals surface area contributed by atoms with Crippen molar-refractivity contribution in [2.75, 3.05) is 10.6 Å². The molecule has 0 unspecified atom stereocenters. The molecule has 33 heavy (non-hydrogen) atoms. The molecule has 168 valence electrons. The van der Waals surface area contributed by atoms with E-state index >= 15 is 0 Å². The van der Waals surface area contributed by atoms with Gasteiger partial charge in [0.1, 0.15) is 0 Å². The fourth-order valence-electron chi connectivity index (χ4n) is 3.22. The molecule has 1 atom stereocenters. The predicted molar refractivity (Wildman–Crippen MR) is 133 cm³/mol. The van der Waals surface area contributed by atoms with Gasteiger partial charge < -0.3 is 10.6 Å². The highest BCUT2D eigenvalue weighted by Gasteiger charge is 2.19. The molecule has 0 fully saturated rings. The lowest BCUT2D eigenvalue weighted by atomic mass is 9.91. The minimum absolute atomic E-state index is 0.0909. The SMILES string of the molecule is Cc1cc([C@H](C#N)c2ccc(Cl)cc2)c(Cl)cc1NC(=O)c1ccc(NC(=O)C(C)C)cc1. The second kappa shape index (κ2) is 10.5. The van der Waals surface area contributed by atoms with E-state index in [0.29, 0.717) is 32.5 Å². The molecule has 0 heterocycles. The minimum Gasteiger partial charge on any atom is -0.326 e. The van der Waals surface area contributed by atoms with E-state index in [4.69, 9.17) is 23.2 Å². The minimum atomic E-state index is -0.563. The van der Waals surface area contributed by atoms with E-state index in [-0.39, 0.29) is 17.7 Å². The van der Waals surface area contributed by atoms with Gasteiger partial charge >= 0.3 is 0 Å². The molecule has 2 N–H and O–H groups in total. The quantitative estimate of drug-likeness (QED) is 0.407. The Bertz CT molecular complexity index is 1210. The normalized spacial score (nSPS) is 11.5. The monoisotopic (exact) mass is 479 g/mol. The summed E-state index contributed by atoms with van der Waals surface area (Å²) in [5, 5.41) is 16.4. The second-order valence-electron chi connectivity index (χ2n) is 7.98. The summed E-state index contributed by atoms with van der Waals surface area (Å²) in [6, 6.07) is 19.5. The van der Waals surface area contributed by atoms with Crippen molar-refractivity contribution in [2.24, 2.45) is 5.92 Å². The van der Waals surface area contributed by atoms with Gasteiger partial charge in [-0.05, 0) is 66.1 Å². The van der Waals surface area contributed by atoms with E-state index in [1.54, 1.807) is 54.6 Å². The fraction of sp³-hybridized carbons (Fsp3) is 0.192.